The fraction of sp³-hybridized carbons (Fsp3) is 0.333. The van der Waals surface area contributed by atoms with E-state index in [0.717, 1.165) is 24.0 Å². The summed E-state index contributed by atoms with van der Waals surface area (Å²) < 4.78 is 0. The maximum atomic E-state index is 11.3. The molecule has 0 heterocycles. The standard InChI is InChI=1S/C18H18O2/c1-3-6-17(19)12-10-15-8-5-9-16(14-15)11-13-18(20)7-4-2/h5,8-9,14H,3-4,6-7H2,1-2H3. The molecule has 0 aliphatic carbocycles. The molecular formula is C18H18O2. The fourth-order valence-electron chi connectivity index (χ4n) is 1.54. The Kier molecular flexibility index (Phi) is 6.87. The van der Waals surface area contributed by atoms with Crippen molar-refractivity contribution < 1.29 is 9.59 Å². The predicted molar refractivity (Wildman–Crippen MR) is 80.0 cm³/mol. The average molecular weight is 266 g/mol. The predicted octanol–water partition coefficient (Wildman–Crippen LogP) is 3.13. The van der Waals surface area contributed by atoms with Crippen LogP contribution in [0.4, 0.5) is 0 Å². The van der Waals surface area contributed by atoms with Crippen molar-refractivity contribution in [1.82, 2.24) is 0 Å². The summed E-state index contributed by atoms with van der Waals surface area (Å²) in [6.07, 6.45) is 2.58. The Bertz CT molecular complexity index is 552. The summed E-state index contributed by atoms with van der Waals surface area (Å²) in [5, 5.41) is 0. The molecule has 0 aliphatic heterocycles. The first-order valence-corrected chi connectivity index (χ1v) is 6.85. The van der Waals surface area contributed by atoms with Gasteiger partial charge in [0.1, 0.15) is 0 Å². The van der Waals surface area contributed by atoms with Crippen LogP contribution >= 0.6 is 0 Å². The van der Waals surface area contributed by atoms with E-state index >= 15 is 0 Å². The Labute approximate surface area is 120 Å². The first-order valence-electron chi connectivity index (χ1n) is 6.85. The van der Waals surface area contributed by atoms with Crippen molar-refractivity contribution in [3.05, 3.63) is 35.4 Å². The van der Waals surface area contributed by atoms with Gasteiger partial charge in [0.05, 0.1) is 0 Å². The van der Waals surface area contributed by atoms with E-state index < -0.39 is 0 Å². The fourth-order valence-corrected chi connectivity index (χ4v) is 1.54. The third-order valence-corrected chi connectivity index (χ3v) is 2.51. The SMILES string of the molecule is CCCC(=O)C#Cc1cccc(C#CC(=O)CCC)c1. The van der Waals surface area contributed by atoms with Gasteiger partial charge in [-0.05, 0) is 42.9 Å². The van der Waals surface area contributed by atoms with Crippen molar-refractivity contribution in [2.45, 2.75) is 39.5 Å². The van der Waals surface area contributed by atoms with E-state index in [4.69, 9.17) is 0 Å². The van der Waals surface area contributed by atoms with Gasteiger partial charge in [0.25, 0.3) is 0 Å². The van der Waals surface area contributed by atoms with Gasteiger partial charge in [-0.1, -0.05) is 31.8 Å². The van der Waals surface area contributed by atoms with E-state index in [0.29, 0.717) is 12.8 Å². The molecule has 0 fully saturated rings. The van der Waals surface area contributed by atoms with Crippen LogP contribution in [-0.4, -0.2) is 11.6 Å². The van der Waals surface area contributed by atoms with E-state index in [2.05, 4.69) is 23.7 Å². The first-order chi connectivity index (χ1) is 9.65. The lowest BCUT2D eigenvalue weighted by molar-refractivity contribution is -0.114. The molecule has 1 aromatic rings. The highest BCUT2D eigenvalue weighted by Crippen LogP contribution is 2.03. The van der Waals surface area contributed by atoms with E-state index in [1.807, 2.05) is 32.0 Å². The molecule has 0 atom stereocenters. The topological polar surface area (TPSA) is 34.1 Å². The molecule has 2 heteroatoms. The summed E-state index contributed by atoms with van der Waals surface area (Å²) in [5.74, 6) is 10.8. The Morgan fingerprint density at radius 2 is 1.35 bits per heavy atom. The number of Topliss-reactive ketones (excluding diaryl/α,β-unsaturated/α-hetero) is 2. The van der Waals surface area contributed by atoms with E-state index in [1.54, 1.807) is 6.07 Å². The van der Waals surface area contributed by atoms with Crippen LogP contribution in [-0.2, 0) is 9.59 Å². The molecule has 0 spiro atoms. The minimum atomic E-state index is -0.0536. The molecule has 20 heavy (non-hydrogen) atoms. The molecule has 0 bridgehead atoms. The van der Waals surface area contributed by atoms with Crippen LogP contribution in [0.25, 0.3) is 0 Å². The largest absolute Gasteiger partial charge is 0.285 e. The molecule has 0 amide bonds. The number of hydrogen-bond donors (Lipinski definition) is 0. The van der Waals surface area contributed by atoms with Gasteiger partial charge < -0.3 is 0 Å². The van der Waals surface area contributed by atoms with Gasteiger partial charge in [-0.15, -0.1) is 0 Å². The quantitative estimate of drug-likeness (QED) is 0.785. The molecule has 0 saturated carbocycles. The van der Waals surface area contributed by atoms with Crippen molar-refractivity contribution in [2.24, 2.45) is 0 Å². The number of hydrogen-bond acceptors (Lipinski definition) is 2. The maximum Gasteiger partial charge on any atom is 0.205 e. The summed E-state index contributed by atoms with van der Waals surface area (Å²) in [7, 11) is 0. The normalized spacial score (nSPS) is 8.90. The van der Waals surface area contributed by atoms with Gasteiger partial charge in [0.15, 0.2) is 0 Å². The molecule has 0 aliphatic rings. The number of rotatable bonds is 4. The zero-order chi connectivity index (χ0) is 14.8. The highest BCUT2D eigenvalue weighted by atomic mass is 16.1. The minimum absolute atomic E-state index is 0.0536. The highest BCUT2D eigenvalue weighted by Gasteiger charge is 1.95. The summed E-state index contributed by atoms with van der Waals surface area (Å²) in [5.41, 5.74) is 1.48. The summed E-state index contributed by atoms with van der Waals surface area (Å²) in [4.78, 5) is 22.7. The van der Waals surface area contributed by atoms with Crippen LogP contribution in [0.5, 0.6) is 0 Å². The first kappa shape index (κ1) is 15.7. The lowest BCUT2D eigenvalue weighted by Crippen LogP contribution is -1.92. The van der Waals surface area contributed by atoms with Gasteiger partial charge in [-0.2, -0.15) is 0 Å². The van der Waals surface area contributed by atoms with Crippen LogP contribution in [0.15, 0.2) is 24.3 Å². The van der Waals surface area contributed by atoms with Crippen molar-refractivity contribution in [3.8, 4) is 23.7 Å². The van der Waals surface area contributed by atoms with E-state index in [-0.39, 0.29) is 11.6 Å². The van der Waals surface area contributed by atoms with Crippen molar-refractivity contribution in [3.63, 3.8) is 0 Å². The second-order valence-electron chi connectivity index (χ2n) is 4.43. The van der Waals surface area contributed by atoms with Crippen LogP contribution in [0, 0.1) is 23.7 Å². The Balaban J connectivity index is 2.81. The summed E-state index contributed by atoms with van der Waals surface area (Å²) >= 11 is 0. The number of ketones is 2. The van der Waals surface area contributed by atoms with E-state index in [9.17, 15) is 9.59 Å². The molecular weight excluding hydrogens is 248 g/mol. The monoisotopic (exact) mass is 266 g/mol. The van der Waals surface area contributed by atoms with Gasteiger partial charge >= 0.3 is 0 Å². The molecule has 0 aromatic heterocycles. The zero-order valence-corrected chi connectivity index (χ0v) is 12.0. The lowest BCUT2D eigenvalue weighted by atomic mass is 10.1. The van der Waals surface area contributed by atoms with Gasteiger partial charge in [-0.3, -0.25) is 9.59 Å². The zero-order valence-electron chi connectivity index (χ0n) is 12.0. The molecule has 2 nitrogen and oxygen atoms in total. The highest BCUT2D eigenvalue weighted by molar-refractivity contribution is 5.96. The molecule has 1 aromatic carbocycles. The number of carbonyl (C=O) groups is 2. The number of carbonyl (C=O) groups excluding carboxylic acids is 2. The molecule has 1 rings (SSSR count). The van der Waals surface area contributed by atoms with Crippen LogP contribution < -0.4 is 0 Å². The lowest BCUT2D eigenvalue weighted by Gasteiger charge is -1.92. The molecule has 0 N–H and O–H groups in total. The van der Waals surface area contributed by atoms with Gasteiger partial charge in [0, 0.05) is 24.0 Å². The third kappa shape index (κ3) is 6.03. The second kappa shape index (κ2) is 8.73. The third-order valence-electron chi connectivity index (χ3n) is 2.51. The minimum Gasteiger partial charge on any atom is -0.285 e. The van der Waals surface area contributed by atoms with E-state index in [1.165, 1.54) is 0 Å². The maximum absolute atomic E-state index is 11.3. The summed E-state index contributed by atoms with van der Waals surface area (Å²) in [6.45, 7) is 3.90. The van der Waals surface area contributed by atoms with Crippen molar-refractivity contribution >= 4 is 11.6 Å². The Morgan fingerprint density at radius 1 is 0.900 bits per heavy atom. The van der Waals surface area contributed by atoms with Crippen molar-refractivity contribution in [2.75, 3.05) is 0 Å². The second-order valence-corrected chi connectivity index (χ2v) is 4.43. The van der Waals surface area contributed by atoms with Gasteiger partial charge in [0.2, 0.25) is 11.6 Å². The smallest absolute Gasteiger partial charge is 0.205 e. The molecule has 102 valence electrons. The average Bonchev–Trinajstić information content (AvgIpc) is 2.44. The Morgan fingerprint density at radius 3 is 1.75 bits per heavy atom. The summed E-state index contributed by atoms with van der Waals surface area (Å²) in [6, 6.07) is 7.26. The van der Waals surface area contributed by atoms with Crippen molar-refractivity contribution in [1.29, 1.82) is 0 Å². The van der Waals surface area contributed by atoms with Crippen LogP contribution in [0.3, 0.4) is 0 Å². The van der Waals surface area contributed by atoms with Gasteiger partial charge in [-0.25, -0.2) is 0 Å². The Hall–Kier alpha value is -2.32. The molecule has 0 saturated heterocycles. The van der Waals surface area contributed by atoms with Crippen LogP contribution in [0.2, 0.25) is 0 Å². The molecule has 0 radical (unpaired) electrons. The molecule has 0 unspecified atom stereocenters. The number of benzene rings is 1. The van der Waals surface area contributed by atoms with Crippen LogP contribution in [0.1, 0.15) is 50.7 Å².